The second kappa shape index (κ2) is 7.47. The zero-order valence-electron chi connectivity index (χ0n) is 9.63. The van der Waals surface area contributed by atoms with E-state index in [2.05, 4.69) is 21.2 Å². The lowest BCUT2D eigenvalue weighted by Crippen LogP contribution is -2.13. The summed E-state index contributed by atoms with van der Waals surface area (Å²) in [6.45, 7) is 2.27. The zero-order chi connectivity index (χ0) is 12.7. The molecule has 1 rings (SSSR count). The molecule has 0 aromatic heterocycles. The molecular weight excluding hydrogens is 291 g/mol. The molecule has 0 atom stereocenters. The average molecular weight is 307 g/mol. The molecule has 96 valence electrons. The number of nitrogen functional groups attached to an aromatic ring is 1. The van der Waals surface area contributed by atoms with Crippen LogP contribution in [0.4, 0.5) is 15.8 Å². The van der Waals surface area contributed by atoms with Crippen molar-refractivity contribution < 1.29 is 13.9 Å². The summed E-state index contributed by atoms with van der Waals surface area (Å²) in [7, 11) is 1.62. The van der Waals surface area contributed by atoms with Gasteiger partial charge in [-0.15, -0.1) is 0 Å². The minimum Gasteiger partial charge on any atom is -0.397 e. The molecule has 0 aliphatic rings. The van der Waals surface area contributed by atoms with E-state index in [0.717, 1.165) is 0 Å². The summed E-state index contributed by atoms with van der Waals surface area (Å²) in [5.41, 5.74) is 6.73. The van der Waals surface area contributed by atoms with Crippen LogP contribution in [0.1, 0.15) is 0 Å². The standard InChI is InChI=1S/C11H16BrFN2O2/c1-16-4-5-17-3-2-15-11-6-8(12)9(13)7-10(11)14/h6-7,15H,2-5,14H2,1H3. The Morgan fingerprint density at radius 3 is 2.82 bits per heavy atom. The van der Waals surface area contributed by atoms with E-state index >= 15 is 0 Å². The van der Waals surface area contributed by atoms with Crippen LogP contribution in [0.25, 0.3) is 0 Å². The summed E-state index contributed by atoms with van der Waals surface area (Å²) in [6, 6.07) is 2.89. The van der Waals surface area contributed by atoms with Crippen molar-refractivity contribution in [3.8, 4) is 0 Å². The van der Waals surface area contributed by atoms with Crippen molar-refractivity contribution in [1.82, 2.24) is 0 Å². The van der Waals surface area contributed by atoms with E-state index < -0.39 is 0 Å². The Balaban J connectivity index is 2.34. The van der Waals surface area contributed by atoms with Gasteiger partial charge in [0.2, 0.25) is 0 Å². The van der Waals surface area contributed by atoms with Crippen molar-refractivity contribution in [2.24, 2.45) is 0 Å². The number of nitrogens with one attached hydrogen (secondary N) is 1. The summed E-state index contributed by atoms with van der Waals surface area (Å²) >= 11 is 3.11. The van der Waals surface area contributed by atoms with E-state index in [0.29, 0.717) is 42.2 Å². The number of ether oxygens (including phenoxy) is 2. The van der Waals surface area contributed by atoms with Crippen LogP contribution in [0, 0.1) is 5.82 Å². The molecule has 0 heterocycles. The highest BCUT2D eigenvalue weighted by molar-refractivity contribution is 9.10. The Labute approximate surface area is 108 Å². The third kappa shape index (κ3) is 4.89. The van der Waals surface area contributed by atoms with Crippen LogP contribution in [0.15, 0.2) is 16.6 Å². The van der Waals surface area contributed by atoms with E-state index in [1.807, 2.05) is 0 Å². The van der Waals surface area contributed by atoms with Gasteiger partial charge >= 0.3 is 0 Å². The Morgan fingerprint density at radius 2 is 2.12 bits per heavy atom. The molecule has 0 unspecified atom stereocenters. The number of halogens is 2. The van der Waals surface area contributed by atoms with Crippen LogP contribution in [0.2, 0.25) is 0 Å². The molecule has 0 saturated carbocycles. The van der Waals surface area contributed by atoms with Crippen molar-refractivity contribution in [2.75, 3.05) is 44.5 Å². The molecule has 3 N–H and O–H groups in total. The monoisotopic (exact) mass is 306 g/mol. The van der Waals surface area contributed by atoms with Crippen molar-refractivity contribution in [2.45, 2.75) is 0 Å². The first-order valence-corrected chi connectivity index (χ1v) is 5.99. The van der Waals surface area contributed by atoms with Gasteiger partial charge in [0.15, 0.2) is 0 Å². The molecule has 0 saturated heterocycles. The number of rotatable bonds is 7. The Kier molecular flexibility index (Phi) is 6.25. The fourth-order valence-electron chi connectivity index (χ4n) is 1.22. The van der Waals surface area contributed by atoms with Crippen LogP contribution in [-0.2, 0) is 9.47 Å². The number of hydrogen-bond donors (Lipinski definition) is 2. The van der Waals surface area contributed by atoms with Gasteiger partial charge in [0, 0.05) is 19.7 Å². The Morgan fingerprint density at radius 1 is 1.35 bits per heavy atom. The van der Waals surface area contributed by atoms with Crippen LogP contribution < -0.4 is 11.1 Å². The van der Waals surface area contributed by atoms with Gasteiger partial charge in [-0.25, -0.2) is 4.39 Å². The number of hydrogen-bond acceptors (Lipinski definition) is 4. The fourth-order valence-corrected chi connectivity index (χ4v) is 1.56. The molecule has 0 bridgehead atoms. The van der Waals surface area contributed by atoms with Gasteiger partial charge in [0.1, 0.15) is 5.82 Å². The van der Waals surface area contributed by atoms with Gasteiger partial charge in [0.05, 0.1) is 35.7 Å². The molecule has 4 nitrogen and oxygen atoms in total. The average Bonchev–Trinajstić information content (AvgIpc) is 2.30. The predicted octanol–water partition coefficient (Wildman–Crippen LogP) is 2.25. The second-order valence-electron chi connectivity index (χ2n) is 3.39. The van der Waals surface area contributed by atoms with Crippen molar-refractivity contribution in [3.63, 3.8) is 0 Å². The third-order valence-electron chi connectivity index (χ3n) is 2.09. The minimum absolute atomic E-state index is 0.371. The first kappa shape index (κ1) is 14.2. The fraction of sp³-hybridized carbons (Fsp3) is 0.455. The van der Waals surface area contributed by atoms with Gasteiger partial charge in [-0.1, -0.05) is 0 Å². The second-order valence-corrected chi connectivity index (χ2v) is 4.24. The highest BCUT2D eigenvalue weighted by atomic mass is 79.9. The van der Waals surface area contributed by atoms with Crippen molar-refractivity contribution in [1.29, 1.82) is 0 Å². The van der Waals surface area contributed by atoms with Crippen LogP contribution in [-0.4, -0.2) is 33.5 Å². The van der Waals surface area contributed by atoms with Gasteiger partial charge in [-0.05, 0) is 22.0 Å². The summed E-state index contributed by atoms with van der Waals surface area (Å²) in [4.78, 5) is 0. The lowest BCUT2D eigenvalue weighted by molar-refractivity contribution is 0.0759. The van der Waals surface area contributed by atoms with Gasteiger partial charge in [-0.2, -0.15) is 0 Å². The highest BCUT2D eigenvalue weighted by Crippen LogP contribution is 2.26. The normalized spacial score (nSPS) is 10.5. The number of benzene rings is 1. The van der Waals surface area contributed by atoms with E-state index in [1.54, 1.807) is 13.2 Å². The molecule has 6 heteroatoms. The SMILES string of the molecule is COCCOCCNc1cc(Br)c(F)cc1N. The smallest absolute Gasteiger partial charge is 0.139 e. The quantitative estimate of drug-likeness (QED) is 0.599. The highest BCUT2D eigenvalue weighted by Gasteiger charge is 2.05. The molecule has 1 aromatic rings. The number of anilines is 2. The molecule has 1 aromatic carbocycles. The third-order valence-corrected chi connectivity index (χ3v) is 2.69. The maximum absolute atomic E-state index is 13.1. The minimum atomic E-state index is -0.371. The van der Waals surface area contributed by atoms with E-state index in [4.69, 9.17) is 15.2 Å². The maximum Gasteiger partial charge on any atom is 0.139 e. The summed E-state index contributed by atoms with van der Waals surface area (Å²) < 4.78 is 23.6. The first-order valence-electron chi connectivity index (χ1n) is 5.20. The predicted molar refractivity (Wildman–Crippen MR) is 69.7 cm³/mol. The van der Waals surface area contributed by atoms with Crippen molar-refractivity contribution in [3.05, 3.63) is 22.4 Å². The summed E-state index contributed by atoms with van der Waals surface area (Å²) in [6.07, 6.45) is 0. The van der Waals surface area contributed by atoms with Gasteiger partial charge < -0.3 is 20.5 Å². The molecule has 0 radical (unpaired) electrons. The molecule has 0 aliphatic heterocycles. The van der Waals surface area contributed by atoms with E-state index in [-0.39, 0.29) is 5.82 Å². The Bertz CT molecular complexity index is 364. The van der Waals surface area contributed by atoms with Crippen LogP contribution >= 0.6 is 15.9 Å². The lowest BCUT2D eigenvalue weighted by Gasteiger charge is -2.10. The molecular formula is C11H16BrFN2O2. The Hall–Kier alpha value is -0.850. The van der Waals surface area contributed by atoms with E-state index in [1.165, 1.54) is 6.07 Å². The molecule has 0 amide bonds. The zero-order valence-corrected chi connectivity index (χ0v) is 11.2. The topological polar surface area (TPSA) is 56.5 Å². The lowest BCUT2D eigenvalue weighted by atomic mass is 10.2. The molecule has 0 fully saturated rings. The number of nitrogens with two attached hydrogens (primary N) is 1. The van der Waals surface area contributed by atoms with Crippen LogP contribution in [0.5, 0.6) is 0 Å². The summed E-state index contributed by atoms with van der Waals surface area (Å²) in [5.74, 6) is -0.371. The maximum atomic E-state index is 13.1. The van der Waals surface area contributed by atoms with Gasteiger partial charge in [-0.3, -0.25) is 0 Å². The first-order chi connectivity index (χ1) is 8.15. The summed E-state index contributed by atoms with van der Waals surface area (Å²) in [5, 5.41) is 3.07. The molecule has 17 heavy (non-hydrogen) atoms. The molecule has 0 spiro atoms. The van der Waals surface area contributed by atoms with Crippen molar-refractivity contribution >= 4 is 27.3 Å². The number of methoxy groups -OCH3 is 1. The largest absolute Gasteiger partial charge is 0.397 e. The van der Waals surface area contributed by atoms with Crippen LogP contribution in [0.3, 0.4) is 0 Å². The van der Waals surface area contributed by atoms with E-state index in [9.17, 15) is 4.39 Å². The van der Waals surface area contributed by atoms with Gasteiger partial charge in [0.25, 0.3) is 0 Å². The molecule has 0 aliphatic carbocycles.